The van der Waals surface area contributed by atoms with Crippen LogP contribution in [-0.2, 0) is 16.0 Å². The SMILES string of the molecule is COC(=O)c1c([C@H](C)NC(=O)Cc2ccccc2)[nH]c2ccccc12. The second-order valence-electron chi connectivity index (χ2n) is 5.90. The lowest BCUT2D eigenvalue weighted by atomic mass is 10.1. The van der Waals surface area contributed by atoms with Crippen LogP contribution in [-0.4, -0.2) is 24.0 Å². The molecule has 0 aliphatic heterocycles. The quantitative estimate of drug-likeness (QED) is 0.702. The normalized spacial score (nSPS) is 11.9. The van der Waals surface area contributed by atoms with Crippen molar-refractivity contribution in [1.82, 2.24) is 10.3 Å². The number of aromatic nitrogens is 1. The summed E-state index contributed by atoms with van der Waals surface area (Å²) in [4.78, 5) is 27.8. The first-order chi connectivity index (χ1) is 12.1. The summed E-state index contributed by atoms with van der Waals surface area (Å²) < 4.78 is 4.92. The molecule has 2 N–H and O–H groups in total. The van der Waals surface area contributed by atoms with Crippen LogP contribution in [0.25, 0.3) is 10.9 Å². The van der Waals surface area contributed by atoms with Gasteiger partial charge in [0.05, 0.1) is 30.8 Å². The van der Waals surface area contributed by atoms with Crippen molar-refractivity contribution in [3.05, 3.63) is 71.4 Å². The number of hydrogen-bond acceptors (Lipinski definition) is 3. The van der Waals surface area contributed by atoms with Crippen molar-refractivity contribution in [3.63, 3.8) is 0 Å². The Morgan fingerprint density at radius 1 is 1.08 bits per heavy atom. The fraction of sp³-hybridized carbons (Fsp3) is 0.200. The molecule has 0 bridgehead atoms. The molecule has 0 spiro atoms. The van der Waals surface area contributed by atoms with E-state index in [1.54, 1.807) is 0 Å². The molecule has 0 aliphatic rings. The van der Waals surface area contributed by atoms with Gasteiger partial charge in [-0.05, 0) is 18.6 Å². The van der Waals surface area contributed by atoms with E-state index in [1.807, 2.05) is 61.5 Å². The first-order valence-corrected chi connectivity index (χ1v) is 8.12. The molecule has 0 saturated heterocycles. The highest BCUT2D eigenvalue weighted by Gasteiger charge is 2.23. The third-order valence-electron chi connectivity index (χ3n) is 4.14. The number of aromatic amines is 1. The van der Waals surface area contributed by atoms with Crippen LogP contribution in [0.2, 0.25) is 0 Å². The Morgan fingerprint density at radius 2 is 1.76 bits per heavy atom. The van der Waals surface area contributed by atoms with Crippen molar-refractivity contribution in [2.45, 2.75) is 19.4 Å². The van der Waals surface area contributed by atoms with Crippen molar-refractivity contribution in [1.29, 1.82) is 0 Å². The van der Waals surface area contributed by atoms with Gasteiger partial charge in [0, 0.05) is 10.9 Å². The van der Waals surface area contributed by atoms with E-state index >= 15 is 0 Å². The zero-order chi connectivity index (χ0) is 17.8. The smallest absolute Gasteiger partial charge is 0.340 e. The number of nitrogens with one attached hydrogen (secondary N) is 2. The molecule has 0 aliphatic carbocycles. The van der Waals surface area contributed by atoms with Gasteiger partial charge in [-0.1, -0.05) is 48.5 Å². The van der Waals surface area contributed by atoms with Crippen LogP contribution < -0.4 is 5.32 Å². The molecule has 0 unspecified atom stereocenters. The maximum absolute atomic E-state index is 12.3. The van der Waals surface area contributed by atoms with Gasteiger partial charge in [0.15, 0.2) is 0 Å². The van der Waals surface area contributed by atoms with Gasteiger partial charge in [0.2, 0.25) is 5.91 Å². The number of H-pyrrole nitrogens is 1. The topological polar surface area (TPSA) is 71.2 Å². The fourth-order valence-electron chi connectivity index (χ4n) is 2.96. The van der Waals surface area contributed by atoms with Gasteiger partial charge in [-0.25, -0.2) is 4.79 Å². The molecule has 5 nitrogen and oxygen atoms in total. The molecule has 2 aromatic carbocycles. The largest absolute Gasteiger partial charge is 0.465 e. The zero-order valence-electron chi connectivity index (χ0n) is 14.2. The predicted molar refractivity (Wildman–Crippen MR) is 96.3 cm³/mol. The zero-order valence-corrected chi connectivity index (χ0v) is 14.2. The van der Waals surface area contributed by atoms with Crippen LogP contribution in [0.1, 0.15) is 34.6 Å². The number of ether oxygens (including phenoxy) is 1. The lowest BCUT2D eigenvalue weighted by Gasteiger charge is -2.14. The van der Waals surface area contributed by atoms with Gasteiger partial charge in [0.1, 0.15) is 0 Å². The number of fused-ring (bicyclic) bond motifs is 1. The van der Waals surface area contributed by atoms with Crippen LogP contribution >= 0.6 is 0 Å². The summed E-state index contributed by atoms with van der Waals surface area (Å²) in [7, 11) is 1.35. The van der Waals surface area contributed by atoms with Gasteiger partial charge in [-0.15, -0.1) is 0 Å². The monoisotopic (exact) mass is 336 g/mol. The maximum atomic E-state index is 12.3. The minimum Gasteiger partial charge on any atom is -0.465 e. The molecule has 5 heteroatoms. The Kier molecular flexibility index (Phi) is 4.84. The molecule has 1 amide bonds. The van der Waals surface area contributed by atoms with Crippen LogP contribution in [0.5, 0.6) is 0 Å². The molecule has 3 aromatic rings. The molecule has 3 rings (SSSR count). The highest BCUT2D eigenvalue weighted by atomic mass is 16.5. The summed E-state index contributed by atoms with van der Waals surface area (Å²) in [5.41, 5.74) is 2.89. The van der Waals surface area contributed by atoms with Crippen molar-refractivity contribution in [2.75, 3.05) is 7.11 Å². The summed E-state index contributed by atoms with van der Waals surface area (Å²) in [6, 6.07) is 16.7. The predicted octanol–water partition coefficient (Wildman–Crippen LogP) is 3.37. The Balaban J connectivity index is 1.85. The van der Waals surface area contributed by atoms with Gasteiger partial charge < -0.3 is 15.0 Å². The average molecular weight is 336 g/mol. The van der Waals surface area contributed by atoms with Crippen molar-refractivity contribution in [3.8, 4) is 0 Å². The number of para-hydroxylation sites is 1. The number of benzene rings is 2. The van der Waals surface area contributed by atoms with E-state index in [1.165, 1.54) is 7.11 Å². The Bertz CT molecular complexity index is 900. The summed E-state index contributed by atoms with van der Waals surface area (Å²) in [5.74, 6) is -0.523. The second-order valence-corrected chi connectivity index (χ2v) is 5.90. The molecule has 1 atom stereocenters. The van der Waals surface area contributed by atoms with Gasteiger partial charge in [-0.2, -0.15) is 0 Å². The van der Waals surface area contributed by atoms with E-state index < -0.39 is 5.97 Å². The van der Waals surface area contributed by atoms with Crippen LogP contribution in [0, 0.1) is 0 Å². The molecule has 0 fully saturated rings. The first-order valence-electron chi connectivity index (χ1n) is 8.12. The van der Waals surface area contributed by atoms with E-state index in [0.717, 1.165) is 16.5 Å². The highest BCUT2D eigenvalue weighted by molar-refractivity contribution is 6.05. The van der Waals surface area contributed by atoms with Gasteiger partial charge >= 0.3 is 5.97 Å². The van der Waals surface area contributed by atoms with Gasteiger partial charge in [-0.3, -0.25) is 4.79 Å². The van der Waals surface area contributed by atoms with Crippen molar-refractivity contribution >= 4 is 22.8 Å². The molecule has 0 radical (unpaired) electrons. The van der Waals surface area contributed by atoms with E-state index in [0.29, 0.717) is 17.7 Å². The minimum absolute atomic E-state index is 0.104. The number of rotatable bonds is 5. The molecule has 1 aromatic heterocycles. The van der Waals surface area contributed by atoms with E-state index in [2.05, 4.69) is 10.3 Å². The number of amides is 1. The Morgan fingerprint density at radius 3 is 2.48 bits per heavy atom. The van der Waals surface area contributed by atoms with Crippen LogP contribution in [0.15, 0.2) is 54.6 Å². The molecular formula is C20H20N2O3. The minimum atomic E-state index is -0.420. The van der Waals surface area contributed by atoms with E-state index in [4.69, 9.17) is 4.74 Å². The molecule has 128 valence electrons. The highest BCUT2D eigenvalue weighted by Crippen LogP contribution is 2.27. The molecular weight excluding hydrogens is 316 g/mol. The average Bonchev–Trinajstić information content (AvgIpc) is 3.01. The lowest BCUT2D eigenvalue weighted by Crippen LogP contribution is -2.29. The number of carbonyl (C=O) groups excluding carboxylic acids is 2. The summed E-state index contributed by atoms with van der Waals surface area (Å²) >= 11 is 0. The van der Waals surface area contributed by atoms with Crippen LogP contribution in [0.3, 0.4) is 0 Å². The van der Waals surface area contributed by atoms with E-state index in [9.17, 15) is 9.59 Å². The number of esters is 1. The number of hydrogen-bond donors (Lipinski definition) is 2. The Labute approximate surface area is 146 Å². The lowest BCUT2D eigenvalue weighted by molar-refractivity contribution is -0.121. The number of carbonyl (C=O) groups is 2. The second kappa shape index (κ2) is 7.21. The standard InChI is InChI=1S/C20H20N2O3/c1-13(21-17(23)12-14-8-4-3-5-9-14)19-18(20(24)25-2)15-10-6-7-11-16(15)22-19/h3-11,13,22H,12H2,1-2H3,(H,21,23)/t13-/m0/s1. The summed E-state index contributed by atoms with van der Waals surface area (Å²) in [5, 5.41) is 3.73. The van der Waals surface area contributed by atoms with Crippen molar-refractivity contribution in [2.24, 2.45) is 0 Å². The molecule has 1 heterocycles. The molecule has 25 heavy (non-hydrogen) atoms. The first kappa shape index (κ1) is 16.8. The van der Waals surface area contributed by atoms with Crippen LogP contribution in [0.4, 0.5) is 0 Å². The van der Waals surface area contributed by atoms with Gasteiger partial charge in [0.25, 0.3) is 0 Å². The Hall–Kier alpha value is -3.08. The number of methoxy groups -OCH3 is 1. The molecule has 0 saturated carbocycles. The fourth-order valence-corrected chi connectivity index (χ4v) is 2.96. The maximum Gasteiger partial charge on any atom is 0.340 e. The third-order valence-corrected chi connectivity index (χ3v) is 4.14. The van der Waals surface area contributed by atoms with E-state index in [-0.39, 0.29) is 11.9 Å². The third kappa shape index (κ3) is 3.55. The van der Waals surface area contributed by atoms with Crippen molar-refractivity contribution < 1.29 is 14.3 Å². The summed E-state index contributed by atoms with van der Waals surface area (Å²) in [6.45, 7) is 1.85. The summed E-state index contributed by atoms with van der Waals surface area (Å²) in [6.07, 6.45) is 0.291.